The van der Waals surface area contributed by atoms with Crippen LogP contribution in [0.2, 0.25) is 0 Å². The van der Waals surface area contributed by atoms with Crippen LogP contribution in [0.5, 0.6) is 0 Å². The molecule has 0 saturated heterocycles. The Labute approximate surface area is 114 Å². The fraction of sp³-hybridized carbons (Fsp3) is 0.500. The summed E-state index contributed by atoms with van der Waals surface area (Å²) < 4.78 is 1.47. The fourth-order valence-electron chi connectivity index (χ4n) is 2.27. The zero-order valence-electron chi connectivity index (χ0n) is 11.6. The molecule has 2 rings (SSSR count). The zero-order chi connectivity index (χ0) is 13.0. The van der Waals surface area contributed by atoms with Gasteiger partial charge in [0.2, 0.25) is 0 Å². The van der Waals surface area contributed by atoms with E-state index in [1.54, 1.807) is 0 Å². The van der Waals surface area contributed by atoms with Crippen LogP contribution in [0.1, 0.15) is 38.7 Å². The van der Waals surface area contributed by atoms with E-state index in [4.69, 9.17) is 0 Å². The number of rotatable bonds is 6. The lowest BCUT2D eigenvalue weighted by molar-refractivity contribution is 0.525. The number of hydrogen-bond donors (Lipinski definition) is 1. The molecular formula is C16H23NS. The van der Waals surface area contributed by atoms with Crippen molar-refractivity contribution in [2.45, 2.75) is 33.1 Å². The van der Waals surface area contributed by atoms with E-state index in [1.807, 2.05) is 11.3 Å². The molecule has 0 bridgehead atoms. The first-order valence-corrected chi connectivity index (χ1v) is 7.73. The lowest BCUT2D eigenvalue weighted by Gasteiger charge is -2.14. The van der Waals surface area contributed by atoms with Gasteiger partial charge in [-0.05, 0) is 53.7 Å². The number of nitrogens with one attached hydrogen (secondary N) is 1. The second-order valence-electron chi connectivity index (χ2n) is 5.47. The van der Waals surface area contributed by atoms with Crippen molar-refractivity contribution >= 4 is 21.4 Å². The van der Waals surface area contributed by atoms with Gasteiger partial charge in [-0.2, -0.15) is 0 Å². The van der Waals surface area contributed by atoms with Crippen molar-refractivity contribution in [1.29, 1.82) is 0 Å². The van der Waals surface area contributed by atoms with Crippen LogP contribution in [0.4, 0.5) is 0 Å². The highest BCUT2D eigenvalue weighted by Gasteiger charge is 2.09. The second kappa shape index (κ2) is 6.35. The molecule has 1 heterocycles. The Hall–Kier alpha value is -0.860. The van der Waals surface area contributed by atoms with E-state index in [9.17, 15) is 0 Å². The molecule has 1 N–H and O–H groups in total. The highest BCUT2D eigenvalue weighted by molar-refractivity contribution is 7.17. The summed E-state index contributed by atoms with van der Waals surface area (Å²) >= 11 is 1.87. The van der Waals surface area contributed by atoms with Crippen molar-refractivity contribution < 1.29 is 0 Å². The first-order valence-electron chi connectivity index (χ1n) is 6.85. The van der Waals surface area contributed by atoms with Crippen molar-refractivity contribution in [2.24, 2.45) is 5.92 Å². The first kappa shape index (κ1) is 13.6. The predicted molar refractivity (Wildman–Crippen MR) is 82.6 cm³/mol. The topological polar surface area (TPSA) is 12.0 Å². The average molecular weight is 261 g/mol. The van der Waals surface area contributed by atoms with E-state index in [1.165, 1.54) is 22.1 Å². The summed E-state index contributed by atoms with van der Waals surface area (Å²) in [6.07, 6.45) is 1.21. The molecule has 1 nitrogen and oxygen atoms in total. The van der Waals surface area contributed by atoms with Gasteiger partial charge in [-0.15, -0.1) is 11.3 Å². The monoisotopic (exact) mass is 261 g/mol. The minimum atomic E-state index is 0.631. The third-order valence-corrected chi connectivity index (χ3v) is 4.33. The average Bonchev–Trinajstić information content (AvgIpc) is 2.82. The van der Waals surface area contributed by atoms with Gasteiger partial charge in [-0.3, -0.25) is 0 Å². The predicted octanol–water partition coefficient (Wildman–Crippen LogP) is 4.64. The molecule has 0 aliphatic heterocycles. The Morgan fingerprint density at radius 3 is 2.78 bits per heavy atom. The van der Waals surface area contributed by atoms with Gasteiger partial charge in [0.25, 0.3) is 0 Å². The molecule has 1 aromatic heterocycles. The Morgan fingerprint density at radius 2 is 2.00 bits per heavy atom. The third kappa shape index (κ3) is 3.33. The maximum Gasteiger partial charge on any atom is 0.0377 e. The second-order valence-corrected chi connectivity index (χ2v) is 6.39. The van der Waals surface area contributed by atoms with Crippen molar-refractivity contribution in [3.05, 3.63) is 35.2 Å². The van der Waals surface area contributed by atoms with Gasteiger partial charge in [-0.25, -0.2) is 0 Å². The molecule has 0 amide bonds. The van der Waals surface area contributed by atoms with Gasteiger partial charge in [-0.1, -0.05) is 39.0 Å². The maximum absolute atomic E-state index is 3.53. The van der Waals surface area contributed by atoms with Crippen LogP contribution < -0.4 is 5.32 Å². The number of fused-ring (bicyclic) bond motifs is 1. The number of hydrogen-bond acceptors (Lipinski definition) is 2. The summed E-state index contributed by atoms with van der Waals surface area (Å²) in [7, 11) is 0. The van der Waals surface area contributed by atoms with Gasteiger partial charge in [0.05, 0.1) is 0 Å². The van der Waals surface area contributed by atoms with Crippen molar-refractivity contribution in [1.82, 2.24) is 5.32 Å². The lowest BCUT2D eigenvalue weighted by Crippen LogP contribution is -2.21. The summed E-state index contributed by atoms with van der Waals surface area (Å²) in [5, 5.41) is 7.11. The van der Waals surface area contributed by atoms with E-state index in [0.717, 1.165) is 19.0 Å². The van der Waals surface area contributed by atoms with Gasteiger partial charge < -0.3 is 5.32 Å². The van der Waals surface area contributed by atoms with Crippen LogP contribution >= 0.6 is 11.3 Å². The summed E-state index contributed by atoms with van der Waals surface area (Å²) in [5.74, 6) is 1.37. The van der Waals surface area contributed by atoms with E-state index in [2.05, 4.69) is 55.7 Å². The molecule has 2 aromatic rings. The molecule has 0 radical (unpaired) electrons. The normalized spacial score (nSPS) is 13.3. The maximum atomic E-state index is 3.53. The van der Waals surface area contributed by atoms with E-state index in [0.29, 0.717) is 5.92 Å². The van der Waals surface area contributed by atoms with Crippen LogP contribution in [0.3, 0.4) is 0 Å². The van der Waals surface area contributed by atoms with Gasteiger partial charge in [0.1, 0.15) is 0 Å². The third-order valence-electron chi connectivity index (χ3n) is 3.35. The summed E-state index contributed by atoms with van der Waals surface area (Å²) in [5.41, 5.74) is 1.51. The van der Waals surface area contributed by atoms with Crippen molar-refractivity contribution in [3.8, 4) is 0 Å². The fourth-order valence-corrected chi connectivity index (χ4v) is 3.30. The standard InChI is InChI=1S/C16H23NS/c1-12(2)11-17-9-7-13(3)15-6-4-5-14-8-10-18-16(14)15/h4-6,8,10,12-13,17H,7,9,11H2,1-3H3. The highest BCUT2D eigenvalue weighted by Crippen LogP contribution is 2.31. The van der Waals surface area contributed by atoms with Crippen LogP contribution in [0, 0.1) is 5.92 Å². The smallest absolute Gasteiger partial charge is 0.0377 e. The molecule has 1 unspecified atom stereocenters. The van der Waals surface area contributed by atoms with Gasteiger partial charge >= 0.3 is 0 Å². The number of benzene rings is 1. The lowest BCUT2D eigenvalue weighted by atomic mass is 9.97. The SMILES string of the molecule is CC(C)CNCCC(C)c1cccc2ccsc12. The van der Waals surface area contributed by atoms with E-state index < -0.39 is 0 Å². The molecule has 0 saturated carbocycles. The summed E-state index contributed by atoms with van der Waals surface area (Å²) in [6, 6.07) is 8.89. The van der Waals surface area contributed by atoms with Crippen LogP contribution in [0.15, 0.2) is 29.6 Å². The Morgan fingerprint density at radius 1 is 1.17 bits per heavy atom. The minimum absolute atomic E-state index is 0.631. The zero-order valence-corrected chi connectivity index (χ0v) is 12.4. The van der Waals surface area contributed by atoms with E-state index in [-0.39, 0.29) is 0 Å². The molecule has 0 fully saturated rings. The Bertz CT molecular complexity index is 487. The highest BCUT2D eigenvalue weighted by atomic mass is 32.1. The van der Waals surface area contributed by atoms with Crippen LogP contribution in [-0.4, -0.2) is 13.1 Å². The van der Waals surface area contributed by atoms with Gasteiger partial charge in [0.15, 0.2) is 0 Å². The molecule has 1 aromatic carbocycles. The van der Waals surface area contributed by atoms with Crippen molar-refractivity contribution in [2.75, 3.05) is 13.1 Å². The minimum Gasteiger partial charge on any atom is -0.316 e. The van der Waals surface area contributed by atoms with E-state index >= 15 is 0 Å². The summed E-state index contributed by atoms with van der Waals surface area (Å²) in [4.78, 5) is 0. The molecule has 1 atom stereocenters. The molecule has 0 aliphatic rings. The molecule has 18 heavy (non-hydrogen) atoms. The molecular weight excluding hydrogens is 238 g/mol. The Kier molecular flexibility index (Phi) is 4.79. The molecule has 0 spiro atoms. The van der Waals surface area contributed by atoms with Gasteiger partial charge in [0, 0.05) is 4.70 Å². The summed E-state index contributed by atoms with van der Waals surface area (Å²) in [6.45, 7) is 9.08. The van der Waals surface area contributed by atoms with Crippen LogP contribution in [-0.2, 0) is 0 Å². The van der Waals surface area contributed by atoms with Crippen LogP contribution in [0.25, 0.3) is 10.1 Å². The largest absolute Gasteiger partial charge is 0.316 e. The molecule has 98 valence electrons. The Balaban J connectivity index is 1.96. The first-order chi connectivity index (χ1) is 8.68. The molecule has 0 aliphatic carbocycles. The van der Waals surface area contributed by atoms with Crippen molar-refractivity contribution in [3.63, 3.8) is 0 Å². The molecule has 2 heteroatoms. The number of thiophene rings is 1. The quantitative estimate of drug-likeness (QED) is 0.747.